The first-order chi connectivity index (χ1) is 9.31. The van der Waals surface area contributed by atoms with Crippen LogP contribution in [0.3, 0.4) is 0 Å². The van der Waals surface area contributed by atoms with Gasteiger partial charge in [0.15, 0.2) is 0 Å². The van der Waals surface area contributed by atoms with Gasteiger partial charge in [-0.3, -0.25) is 0 Å². The molecule has 2 heterocycles. The number of methoxy groups -OCH3 is 1. The van der Waals surface area contributed by atoms with Crippen LogP contribution in [0.4, 0.5) is 0 Å². The van der Waals surface area contributed by atoms with Crippen LogP contribution in [0.2, 0.25) is 0 Å². The highest BCUT2D eigenvalue weighted by Crippen LogP contribution is 2.15. The molecule has 1 atom stereocenters. The first-order valence-corrected chi connectivity index (χ1v) is 6.78. The number of carbonyl (C=O) groups excluding carboxylic acids is 1. The minimum absolute atomic E-state index is 0.281. The topological polar surface area (TPSA) is 60.7 Å². The van der Waals surface area contributed by atoms with Crippen molar-refractivity contribution in [2.75, 3.05) is 20.3 Å². The van der Waals surface area contributed by atoms with Crippen LogP contribution in [0, 0.1) is 0 Å². The molecule has 0 spiro atoms. The van der Waals surface area contributed by atoms with Gasteiger partial charge in [-0.1, -0.05) is 0 Å². The Morgan fingerprint density at radius 1 is 1.53 bits per heavy atom. The molecule has 1 aromatic rings. The maximum absolute atomic E-state index is 11.4. The lowest BCUT2D eigenvalue weighted by molar-refractivity contribution is 0.0115. The van der Waals surface area contributed by atoms with Crippen LogP contribution in [0.5, 0.6) is 0 Å². The van der Waals surface area contributed by atoms with Crippen molar-refractivity contribution < 1.29 is 18.7 Å². The van der Waals surface area contributed by atoms with Crippen molar-refractivity contribution in [3.63, 3.8) is 0 Å². The normalized spacial score (nSPS) is 19.3. The van der Waals surface area contributed by atoms with E-state index in [1.807, 2.05) is 0 Å². The van der Waals surface area contributed by atoms with E-state index in [2.05, 4.69) is 10.1 Å². The van der Waals surface area contributed by atoms with Gasteiger partial charge in [0, 0.05) is 18.7 Å². The van der Waals surface area contributed by atoms with Gasteiger partial charge in [0.25, 0.3) is 0 Å². The van der Waals surface area contributed by atoms with E-state index in [9.17, 15) is 4.79 Å². The Labute approximate surface area is 113 Å². The average molecular weight is 267 g/mol. The predicted molar refractivity (Wildman–Crippen MR) is 70.0 cm³/mol. The zero-order chi connectivity index (χ0) is 13.5. The summed E-state index contributed by atoms with van der Waals surface area (Å²) in [5.74, 6) is -0.152. The van der Waals surface area contributed by atoms with E-state index in [0.29, 0.717) is 12.6 Å². The highest BCUT2D eigenvalue weighted by atomic mass is 16.5. The Bertz CT molecular complexity index is 396. The fraction of sp³-hybridized carbons (Fsp3) is 0.643. The Morgan fingerprint density at radius 2 is 2.42 bits per heavy atom. The van der Waals surface area contributed by atoms with Gasteiger partial charge in [-0.25, -0.2) is 4.79 Å². The van der Waals surface area contributed by atoms with Crippen molar-refractivity contribution in [2.24, 2.45) is 0 Å². The molecular weight excluding hydrogens is 246 g/mol. The summed E-state index contributed by atoms with van der Waals surface area (Å²) >= 11 is 0. The third-order valence-corrected chi connectivity index (χ3v) is 3.35. The second-order valence-corrected chi connectivity index (χ2v) is 4.72. The van der Waals surface area contributed by atoms with Gasteiger partial charge in [0.2, 0.25) is 5.76 Å². The summed E-state index contributed by atoms with van der Waals surface area (Å²) in [6.07, 6.45) is 6.49. The van der Waals surface area contributed by atoms with Gasteiger partial charge in [0.05, 0.1) is 19.5 Å². The molecule has 0 bridgehead atoms. The lowest BCUT2D eigenvalue weighted by Crippen LogP contribution is -2.25. The Kier molecular flexibility index (Phi) is 5.42. The van der Waals surface area contributed by atoms with Gasteiger partial charge in [0.1, 0.15) is 0 Å². The molecular formula is C14H21NO4. The first-order valence-electron chi connectivity index (χ1n) is 6.78. The zero-order valence-electron chi connectivity index (χ0n) is 11.3. The number of nitrogens with one attached hydrogen (secondary N) is 1. The van der Waals surface area contributed by atoms with E-state index in [4.69, 9.17) is 9.15 Å². The molecule has 0 amide bonds. The minimum atomic E-state index is -0.433. The molecule has 5 nitrogen and oxygen atoms in total. The Balaban J connectivity index is 1.70. The molecule has 1 fully saturated rings. The summed E-state index contributed by atoms with van der Waals surface area (Å²) in [5.41, 5.74) is 0.830. The molecule has 5 heteroatoms. The van der Waals surface area contributed by atoms with Crippen LogP contribution >= 0.6 is 0 Å². The summed E-state index contributed by atoms with van der Waals surface area (Å²) < 4.78 is 15.4. The highest BCUT2D eigenvalue weighted by molar-refractivity contribution is 5.87. The summed E-state index contributed by atoms with van der Waals surface area (Å²) in [4.78, 5) is 11.4. The lowest BCUT2D eigenvalue weighted by atomic mass is 10.1. The van der Waals surface area contributed by atoms with Crippen LogP contribution < -0.4 is 5.32 Å². The summed E-state index contributed by atoms with van der Waals surface area (Å²) in [5, 5.41) is 3.31. The van der Waals surface area contributed by atoms with Gasteiger partial charge >= 0.3 is 5.97 Å². The number of furan rings is 1. The predicted octanol–water partition coefficient (Wildman–Crippen LogP) is 2.12. The Morgan fingerprint density at radius 3 is 3.16 bits per heavy atom. The second-order valence-electron chi connectivity index (χ2n) is 4.72. The summed E-state index contributed by atoms with van der Waals surface area (Å²) in [7, 11) is 1.35. The molecule has 0 saturated carbocycles. The van der Waals surface area contributed by atoms with E-state index < -0.39 is 5.97 Å². The number of rotatable bonds is 6. The number of hydrogen-bond acceptors (Lipinski definition) is 5. The maximum Gasteiger partial charge on any atom is 0.374 e. The van der Waals surface area contributed by atoms with Gasteiger partial charge in [-0.2, -0.15) is 0 Å². The number of esters is 1. The SMILES string of the molecule is COC(=O)c1occc1CNCCC1CCCCO1. The molecule has 1 N–H and O–H groups in total. The zero-order valence-corrected chi connectivity index (χ0v) is 11.3. The molecule has 1 saturated heterocycles. The van der Waals surface area contributed by atoms with E-state index in [0.717, 1.165) is 31.6 Å². The van der Waals surface area contributed by atoms with Crippen molar-refractivity contribution in [3.8, 4) is 0 Å². The van der Waals surface area contributed by atoms with E-state index in [1.54, 1.807) is 6.07 Å². The third-order valence-electron chi connectivity index (χ3n) is 3.35. The van der Waals surface area contributed by atoms with Gasteiger partial charge in [-0.15, -0.1) is 0 Å². The van der Waals surface area contributed by atoms with E-state index in [1.165, 1.54) is 26.2 Å². The maximum atomic E-state index is 11.4. The van der Waals surface area contributed by atoms with Crippen LogP contribution in [0.25, 0.3) is 0 Å². The summed E-state index contributed by atoms with van der Waals surface area (Å²) in [6.45, 7) is 2.36. The van der Waals surface area contributed by atoms with Crippen molar-refractivity contribution in [3.05, 3.63) is 23.7 Å². The molecule has 2 rings (SSSR count). The van der Waals surface area contributed by atoms with Crippen molar-refractivity contribution in [1.82, 2.24) is 5.32 Å². The monoisotopic (exact) mass is 267 g/mol. The molecule has 0 radical (unpaired) electrons. The lowest BCUT2D eigenvalue weighted by Gasteiger charge is -2.22. The van der Waals surface area contributed by atoms with Gasteiger partial charge < -0.3 is 19.2 Å². The van der Waals surface area contributed by atoms with Crippen LogP contribution in [-0.4, -0.2) is 32.3 Å². The fourth-order valence-electron chi connectivity index (χ4n) is 2.27. The molecule has 1 aliphatic heterocycles. The molecule has 19 heavy (non-hydrogen) atoms. The van der Waals surface area contributed by atoms with Crippen molar-refractivity contribution in [2.45, 2.75) is 38.3 Å². The van der Waals surface area contributed by atoms with Crippen molar-refractivity contribution in [1.29, 1.82) is 0 Å². The number of ether oxygens (including phenoxy) is 2. The first kappa shape index (κ1) is 14.1. The second kappa shape index (κ2) is 7.31. The van der Waals surface area contributed by atoms with Crippen LogP contribution in [-0.2, 0) is 16.0 Å². The molecule has 1 unspecified atom stereocenters. The molecule has 1 aliphatic rings. The standard InChI is InChI=1S/C14H21NO4/c1-17-14(16)13-11(6-9-19-13)10-15-7-5-12-4-2-3-8-18-12/h6,9,12,15H,2-5,7-8,10H2,1H3. The van der Waals surface area contributed by atoms with Crippen LogP contribution in [0.1, 0.15) is 41.8 Å². The molecule has 106 valence electrons. The average Bonchev–Trinajstić information content (AvgIpc) is 2.92. The minimum Gasteiger partial charge on any atom is -0.463 e. The molecule has 1 aromatic heterocycles. The Hall–Kier alpha value is -1.33. The molecule has 0 aromatic carbocycles. The number of carbonyl (C=O) groups is 1. The van der Waals surface area contributed by atoms with Crippen LogP contribution in [0.15, 0.2) is 16.7 Å². The smallest absolute Gasteiger partial charge is 0.374 e. The van der Waals surface area contributed by atoms with Gasteiger partial charge in [-0.05, 0) is 38.3 Å². The fourth-order valence-corrected chi connectivity index (χ4v) is 2.27. The highest BCUT2D eigenvalue weighted by Gasteiger charge is 2.16. The third kappa shape index (κ3) is 4.08. The number of hydrogen-bond donors (Lipinski definition) is 1. The van der Waals surface area contributed by atoms with E-state index >= 15 is 0 Å². The quantitative estimate of drug-likeness (QED) is 0.632. The largest absolute Gasteiger partial charge is 0.463 e. The van der Waals surface area contributed by atoms with Crippen molar-refractivity contribution >= 4 is 5.97 Å². The molecule has 0 aliphatic carbocycles. The summed E-state index contributed by atoms with van der Waals surface area (Å²) in [6, 6.07) is 1.79. The van der Waals surface area contributed by atoms with E-state index in [-0.39, 0.29) is 5.76 Å².